The topological polar surface area (TPSA) is 3.24 Å². The second-order valence-electron chi connectivity index (χ2n) is 22.5. The van der Waals surface area contributed by atoms with Crippen LogP contribution in [0.25, 0.3) is 0 Å². The molecule has 5 aromatic rings. The van der Waals surface area contributed by atoms with E-state index in [1.807, 2.05) is 12.1 Å². The zero-order chi connectivity index (χ0) is 47.3. The molecule has 0 radical (unpaired) electrons. The minimum atomic E-state index is -2.25. The van der Waals surface area contributed by atoms with E-state index in [1.165, 1.54) is 22.3 Å². The molecule has 0 saturated heterocycles. The minimum absolute atomic E-state index is 0.0523. The molecule has 0 N–H and O–H groups in total. The van der Waals surface area contributed by atoms with Crippen molar-refractivity contribution in [3.63, 3.8) is 0 Å². The zero-order valence-corrected chi connectivity index (χ0v) is 45.1. The van der Waals surface area contributed by atoms with Crippen LogP contribution in [0.2, 0.25) is 18.1 Å². The first-order chi connectivity index (χ1) is 29.9. The molecule has 6 heteroatoms. The lowest BCUT2D eigenvalue weighted by molar-refractivity contribution is 0.590. The van der Waals surface area contributed by atoms with Gasteiger partial charge in [-0.25, -0.2) is 8.78 Å². The van der Waals surface area contributed by atoms with Crippen molar-refractivity contribution >= 4 is 56.3 Å². The van der Waals surface area contributed by atoms with Crippen molar-refractivity contribution in [3.05, 3.63) is 143 Å². The third-order valence-corrected chi connectivity index (χ3v) is 24.0. The normalized spacial score (nSPS) is 13.0. The summed E-state index contributed by atoms with van der Waals surface area (Å²) in [5.74, 6) is -0.877. The van der Waals surface area contributed by atoms with Gasteiger partial charge >= 0.3 is 0 Å². The summed E-state index contributed by atoms with van der Waals surface area (Å²) in [7, 11) is -5.33. The summed E-state index contributed by atoms with van der Waals surface area (Å²) >= 11 is 0. The van der Waals surface area contributed by atoms with E-state index in [1.54, 1.807) is 0 Å². The molecule has 5 rings (SSSR count). The molecule has 0 aliphatic carbocycles. The highest BCUT2D eigenvalue weighted by atomic mass is 31.2. The minimum Gasteiger partial charge on any atom is -0.308 e. The van der Waals surface area contributed by atoms with Crippen LogP contribution in [0.4, 0.5) is 14.5 Å². The lowest BCUT2D eigenvalue weighted by Crippen LogP contribution is -2.48. The van der Waals surface area contributed by atoms with Gasteiger partial charge in [-0.15, -0.1) is 0 Å². The second kappa shape index (κ2) is 21.2. The van der Waals surface area contributed by atoms with Gasteiger partial charge in [-0.3, -0.25) is 0 Å². The van der Waals surface area contributed by atoms with Gasteiger partial charge in [0.05, 0.1) is 24.2 Å². The summed E-state index contributed by atoms with van der Waals surface area (Å²) in [6.45, 7) is 33.6. The lowest BCUT2D eigenvalue weighted by Gasteiger charge is -2.42. The van der Waals surface area contributed by atoms with Crippen molar-refractivity contribution in [3.8, 4) is 0 Å². The average molecular weight is 920 g/mol. The molecule has 0 aliphatic heterocycles. The molecule has 0 unspecified atom stereocenters. The Morgan fingerprint density at radius 1 is 0.406 bits per heavy atom. The Balaban J connectivity index is 1.94. The quantitative estimate of drug-likeness (QED) is 0.0664. The molecule has 346 valence electrons. The predicted molar refractivity (Wildman–Crippen MR) is 286 cm³/mol. The lowest BCUT2D eigenvalue weighted by atomic mass is 9.87. The molecule has 0 atom stereocenters. The first-order valence-corrected chi connectivity index (χ1v) is 29.5. The standard InChI is InChI=1S/C58H81F2NP2Si/c1-16-19-38-64(39-20-17-2,40-21-18-3)51-41-52(59)54(53(60)42-51)61(62(47-30-22-43(23-31-47)55(4,5)6)48-32-24-44(25-33-48)56(7,8)9)63(49-34-26-45(27-35-49)57(10,11)12)50-36-28-46(29-37-50)58(13,14)15/h22-37,41-42H,16-21,38-40H2,1-15H3. The summed E-state index contributed by atoms with van der Waals surface area (Å²) in [6.07, 6.45) is 6.54. The van der Waals surface area contributed by atoms with Crippen LogP contribution in [0, 0.1) is 11.6 Å². The molecule has 1 nitrogen and oxygen atoms in total. The smallest absolute Gasteiger partial charge is 0.149 e. The predicted octanol–water partition coefficient (Wildman–Crippen LogP) is 16.1. The highest BCUT2D eigenvalue weighted by Crippen LogP contribution is 2.58. The number of anilines is 1. The molecule has 0 heterocycles. The molecule has 0 aromatic heterocycles. The molecule has 0 fully saturated rings. The van der Waals surface area contributed by atoms with Crippen LogP contribution in [0.1, 0.15) is 165 Å². The number of benzene rings is 5. The zero-order valence-electron chi connectivity index (χ0n) is 42.4. The van der Waals surface area contributed by atoms with E-state index in [4.69, 9.17) is 0 Å². The first kappa shape index (κ1) is 51.8. The Hall–Kier alpha value is -3.16. The summed E-state index contributed by atoms with van der Waals surface area (Å²) in [5, 5.41) is 5.23. The van der Waals surface area contributed by atoms with Gasteiger partial charge in [0.2, 0.25) is 0 Å². The van der Waals surface area contributed by atoms with E-state index in [2.05, 4.69) is 205 Å². The van der Waals surface area contributed by atoms with E-state index in [-0.39, 0.29) is 27.3 Å². The van der Waals surface area contributed by atoms with Gasteiger partial charge in [-0.05, 0) is 56.0 Å². The molecule has 0 saturated carbocycles. The molecular formula is C58H81F2NP2Si. The van der Waals surface area contributed by atoms with Crippen LogP contribution in [0.15, 0.2) is 109 Å². The highest BCUT2D eigenvalue weighted by Gasteiger charge is 2.40. The number of nitrogens with zero attached hydrogens (tertiary/aromatic N) is 1. The van der Waals surface area contributed by atoms with Crippen LogP contribution < -0.4 is 30.8 Å². The van der Waals surface area contributed by atoms with Crippen LogP contribution in [-0.2, 0) is 21.7 Å². The number of hydrogen-bond acceptors (Lipinski definition) is 1. The van der Waals surface area contributed by atoms with E-state index in [0.717, 1.165) is 83.1 Å². The van der Waals surface area contributed by atoms with E-state index >= 15 is 8.78 Å². The van der Waals surface area contributed by atoms with Crippen molar-refractivity contribution in [1.82, 2.24) is 0 Å². The first-order valence-electron chi connectivity index (χ1n) is 24.3. The Kier molecular flexibility index (Phi) is 17.2. The van der Waals surface area contributed by atoms with Gasteiger partial charge in [0, 0.05) is 21.2 Å². The van der Waals surface area contributed by atoms with E-state index in [0.29, 0.717) is 0 Å². The molecule has 5 aromatic carbocycles. The number of rotatable bonds is 17. The maximum atomic E-state index is 18.3. The monoisotopic (exact) mass is 920 g/mol. The van der Waals surface area contributed by atoms with Crippen molar-refractivity contribution in [2.24, 2.45) is 0 Å². The van der Waals surface area contributed by atoms with E-state index in [9.17, 15) is 0 Å². The summed E-state index contributed by atoms with van der Waals surface area (Å²) in [6, 6.07) is 42.6. The highest BCUT2D eigenvalue weighted by molar-refractivity contribution is 7.90. The molecule has 0 bridgehead atoms. The largest absolute Gasteiger partial charge is 0.308 e. The summed E-state index contributed by atoms with van der Waals surface area (Å²) in [5.41, 5.74) is 4.80. The van der Waals surface area contributed by atoms with Crippen LogP contribution in [0.3, 0.4) is 0 Å². The average Bonchev–Trinajstić information content (AvgIpc) is 3.23. The Labute approximate surface area is 392 Å². The third kappa shape index (κ3) is 12.4. The van der Waals surface area contributed by atoms with Gasteiger partial charge in [0.15, 0.2) is 0 Å². The van der Waals surface area contributed by atoms with Gasteiger partial charge in [0.25, 0.3) is 0 Å². The molecule has 0 aliphatic rings. The number of hydrogen-bond donors (Lipinski definition) is 0. The SMILES string of the molecule is CCCC[Si](CCCC)(CCCC)c1cc(F)c(N(P(c2ccc(C(C)(C)C)cc2)c2ccc(C(C)(C)C)cc2)P(c2ccc(C(C)(C)C)cc2)c2ccc(C(C)(C)C)cc2)c(F)c1. The fourth-order valence-corrected chi connectivity index (χ4v) is 20.4. The molecule has 0 amide bonds. The third-order valence-electron chi connectivity index (χ3n) is 13.1. The fourth-order valence-electron chi connectivity index (χ4n) is 8.85. The number of halogens is 2. The van der Waals surface area contributed by atoms with Gasteiger partial charge in [-0.2, -0.15) is 0 Å². The maximum absolute atomic E-state index is 18.3. The maximum Gasteiger partial charge on any atom is 0.149 e. The van der Waals surface area contributed by atoms with Crippen molar-refractivity contribution in [1.29, 1.82) is 0 Å². The Bertz CT molecular complexity index is 1960. The van der Waals surface area contributed by atoms with Crippen molar-refractivity contribution in [2.75, 3.05) is 4.44 Å². The number of unbranched alkanes of at least 4 members (excludes halogenated alkanes) is 3. The fraction of sp³-hybridized carbons (Fsp3) is 0.483. The summed E-state index contributed by atoms with van der Waals surface area (Å²) < 4.78 is 38.8. The Morgan fingerprint density at radius 3 is 0.844 bits per heavy atom. The van der Waals surface area contributed by atoms with Crippen LogP contribution >= 0.6 is 16.1 Å². The Morgan fingerprint density at radius 2 is 0.641 bits per heavy atom. The van der Waals surface area contributed by atoms with Gasteiger partial charge < -0.3 is 4.44 Å². The molecule has 64 heavy (non-hydrogen) atoms. The molecular weight excluding hydrogens is 839 g/mol. The van der Waals surface area contributed by atoms with Gasteiger partial charge in [-0.1, -0.05) is 263 Å². The van der Waals surface area contributed by atoms with Crippen molar-refractivity contribution in [2.45, 2.75) is 182 Å². The van der Waals surface area contributed by atoms with E-state index < -0.39 is 35.9 Å². The van der Waals surface area contributed by atoms with Gasteiger partial charge in [0.1, 0.15) is 17.3 Å². The molecule has 0 spiro atoms. The van der Waals surface area contributed by atoms with Crippen molar-refractivity contribution < 1.29 is 8.78 Å². The summed E-state index contributed by atoms with van der Waals surface area (Å²) in [4.78, 5) is 0. The second-order valence-corrected chi connectivity index (χ2v) is 31.5. The van der Waals surface area contributed by atoms with Crippen LogP contribution in [-0.4, -0.2) is 8.07 Å². The van der Waals surface area contributed by atoms with Crippen LogP contribution in [0.5, 0.6) is 0 Å².